The summed E-state index contributed by atoms with van der Waals surface area (Å²) in [5.74, 6) is 0.849. The maximum atomic E-state index is 4.75. The predicted octanol–water partition coefficient (Wildman–Crippen LogP) is 2.68. The minimum absolute atomic E-state index is 0.554. The van der Waals surface area contributed by atoms with Crippen molar-refractivity contribution in [1.82, 2.24) is 20.0 Å². The third kappa shape index (κ3) is 4.32. The first-order chi connectivity index (χ1) is 9.72. The second kappa shape index (κ2) is 7.79. The van der Waals surface area contributed by atoms with E-state index in [1.54, 1.807) is 0 Å². The van der Waals surface area contributed by atoms with Gasteiger partial charge < -0.3 is 10.2 Å². The summed E-state index contributed by atoms with van der Waals surface area (Å²) in [6.45, 7) is 9.00. The molecule has 2 rings (SSSR count). The molecule has 1 aliphatic heterocycles. The lowest BCUT2D eigenvalue weighted by Gasteiger charge is -2.27. The van der Waals surface area contributed by atoms with Gasteiger partial charge in [0, 0.05) is 19.3 Å². The first kappa shape index (κ1) is 15.5. The number of nitrogens with one attached hydrogen (secondary N) is 1. The summed E-state index contributed by atoms with van der Waals surface area (Å²) in [4.78, 5) is 2.43. The summed E-state index contributed by atoms with van der Waals surface area (Å²) in [5, 5.41) is 8.18. The van der Waals surface area contributed by atoms with Crippen molar-refractivity contribution in [2.45, 2.75) is 52.1 Å². The SMILES string of the molecule is CCC(CC)n1ccc(CN(C)CC2CCNCC2)n1. The van der Waals surface area contributed by atoms with Crippen LogP contribution >= 0.6 is 0 Å². The van der Waals surface area contributed by atoms with Gasteiger partial charge in [0.2, 0.25) is 0 Å². The van der Waals surface area contributed by atoms with Gasteiger partial charge in [0.25, 0.3) is 0 Å². The van der Waals surface area contributed by atoms with Crippen molar-refractivity contribution in [3.63, 3.8) is 0 Å². The lowest BCUT2D eigenvalue weighted by molar-refractivity contribution is 0.232. The molecule has 1 aromatic rings. The minimum atomic E-state index is 0.554. The molecule has 0 spiro atoms. The molecule has 1 aliphatic rings. The largest absolute Gasteiger partial charge is 0.317 e. The van der Waals surface area contributed by atoms with E-state index in [9.17, 15) is 0 Å². The first-order valence-corrected chi connectivity index (χ1v) is 8.16. The zero-order valence-electron chi connectivity index (χ0n) is 13.3. The minimum Gasteiger partial charge on any atom is -0.317 e. The molecule has 4 nitrogen and oxygen atoms in total. The maximum Gasteiger partial charge on any atom is 0.0764 e. The first-order valence-electron chi connectivity index (χ1n) is 8.16. The van der Waals surface area contributed by atoms with E-state index in [2.05, 4.69) is 48.1 Å². The van der Waals surface area contributed by atoms with E-state index in [0.29, 0.717) is 6.04 Å². The van der Waals surface area contributed by atoms with Gasteiger partial charge >= 0.3 is 0 Å². The van der Waals surface area contributed by atoms with Crippen molar-refractivity contribution >= 4 is 0 Å². The van der Waals surface area contributed by atoms with Gasteiger partial charge in [0.05, 0.1) is 11.7 Å². The van der Waals surface area contributed by atoms with Crippen molar-refractivity contribution in [3.8, 4) is 0 Å². The van der Waals surface area contributed by atoms with Crippen molar-refractivity contribution in [3.05, 3.63) is 18.0 Å². The number of nitrogens with zero attached hydrogens (tertiary/aromatic N) is 3. The Morgan fingerprint density at radius 3 is 2.70 bits per heavy atom. The highest BCUT2D eigenvalue weighted by Gasteiger charge is 2.16. The molecule has 4 heteroatoms. The molecule has 1 N–H and O–H groups in total. The summed E-state index contributed by atoms with van der Waals surface area (Å²) >= 11 is 0. The Balaban J connectivity index is 1.83. The van der Waals surface area contributed by atoms with Crippen molar-refractivity contribution in [1.29, 1.82) is 0 Å². The van der Waals surface area contributed by atoms with Gasteiger partial charge in [-0.15, -0.1) is 0 Å². The van der Waals surface area contributed by atoms with E-state index in [0.717, 1.165) is 25.3 Å². The van der Waals surface area contributed by atoms with Gasteiger partial charge in [-0.05, 0) is 57.8 Å². The molecule has 1 aromatic heterocycles. The number of hydrogen-bond donors (Lipinski definition) is 1. The molecule has 0 saturated carbocycles. The molecule has 0 radical (unpaired) electrons. The van der Waals surface area contributed by atoms with Crippen LogP contribution in [0.5, 0.6) is 0 Å². The molecule has 1 fully saturated rings. The summed E-state index contributed by atoms with van der Waals surface area (Å²) in [6.07, 6.45) is 7.08. The highest BCUT2D eigenvalue weighted by atomic mass is 15.3. The van der Waals surface area contributed by atoms with Gasteiger partial charge in [-0.2, -0.15) is 5.10 Å². The number of aromatic nitrogens is 2. The van der Waals surface area contributed by atoms with E-state index in [-0.39, 0.29) is 0 Å². The smallest absolute Gasteiger partial charge is 0.0764 e. The fourth-order valence-corrected chi connectivity index (χ4v) is 3.17. The molecular formula is C16H30N4. The fourth-order valence-electron chi connectivity index (χ4n) is 3.17. The highest BCUT2D eigenvalue weighted by molar-refractivity contribution is 4.99. The Morgan fingerprint density at radius 2 is 2.05 bits per heavy atom. The average Bonchev–Trinajstić information content (AvgIpc) is 2.89. The van der Waals surface area contributed by atoms with Crippen molar-refractivity contribution in [2.24, 2.45) is 5.92 Å². The van der Waals surface area contributed by atoms with Crippen LogP contribution in [-0.2, 0) is 6.54 Å². The van der Waals surface area contributed by atoms with Crippen LogP contribution < -0.4 is 5.32 Å². The predicted molar refractivity (Wildman–Crippen MR) is 83.8 cm³/mol. The molecule has 0 aromatic carbocycles. The van der Waals surface area contributed by atoms with Gasteiger partial charge in [-0.1, -0.05) is 13.8 Å². The van der Waals surface area contributed by atoms with Crippen LogP contribution in [0.25, 0.3) is 0 Å². The average molecular weight is 278 g/mol. The van der Waals surface area contributed by atoms with Gasteiger partial charge in [-0.3, -0.25) is 4.68 Å². The van der Waals surface area contributed by atoms with E-state index >= 15 is 0 Å². The van der Waals surface area contributed by atoms with Crippen LogP contribution in [0.1, 0.15) is 51.3 Å². The Hall–Kier alpha value is -0.870. The van der Waals surface area contributed by atoms with Crippen LogP contribution in [0, 0.1) is 5.92 Å². The van der Waals surface area contributed by atoms with Gasteiger partial charge in [0.1, 0.15) is 0 Å². The zero-order valence-corrected chi connectivity index (χ0v) is 13.3. The van der Waals surface area contributed by atoms with E-state index < -0.39 is 0 Å². The quantitative estimate of drug-likeness (QED) is 0.832. The van der Waals surface area contributed by atoms with Crippen molar-refractivity contribution < 1.29 is 0 Å². The summed E-state index contributed by atoms with van der Waals surface area (Å²) < 4.78 is 2.15. The van der Waals surface area contributed by atoms with E-state index in [1.807, 2.05) is 0 Å². The molecule has 0 amide bonds. The van der Waals surface area contributed by atoms with E-state index in [4.69, 9.17) is 5.10 Å². The van der Waals surface area contributed by atoms with E-state index in [1.165, 1.54) is 38.2 Å². The van der Waals surface area contributed by atoms with Gasteiger partial charge in [0.15, 0.2) is 0 Å². The molecule has 20 heavy (non-hydrogen) atoms. The van der Waals surface area contributed by atoms with Crippen LogP contribution in [-0.4, -0.2) is 41.4 Å². The number of piperidine rings is 1. The Labute approximate surface area is 123 Å². The molecule has 114 valence electrons. The lowest BCUT2D eigenvalue weighted by Crippen LogP contribution is -2.34. The molecule has 0 bridgehead atoms. The molecule has 2 heterocycles. The summed E-state index contributed by atoms with van der Waals surface area (Å²) in [7, 11) is 2.22. The van der Waals surface area contributed by atoms with Crippen molar-refractivity contribution in [2.75, 3.05) is 26.7 Å². The summed E-state index contributed by atoms with van der Waals surface area (Å²) in [6, 6.07) is 2.73. The number of hydrogen-bond acceptors (Lipinski definition) is 3. The lowest BCUT2D eigenvalue weighted by atomic mass is 9.98. The van der Waals surface area contributed by atoms with Crippen LogP contribution in [0.3, 0.4) is 0 Å². The second-order valence-electron chi connectivity index (χ2n) is 6.15. The standard InChI is InChI=1S/C16H30N4/c1-4-16(5-2)20-11-8-15(18-20)13-19(3)12-14-6-9-17-10-7-14/h8,11,14,16-17H,4-7,9-10,12-13H2,1-3H3. The third-order valence-electron chi connectivity index (χ3n) is 4.44. The molecular weight excluding hydrogens is 248 g/mol. The topological polar surface area (TPSA) is 33.1 Å². The van der Waals surface area contributed by atoms with Gasteiger partial charge in [-0.25, -0.2) is 0 Å². The normalized spacial score (nSPS) is 17.2. The van der Waals surface area contributed by atoms with Crippen LogP contribution in [0.15, 0.2) is 12.3 Å². The van der Waals surface area contributed by atoms with Crippen LogP contribution in [0.2, 0.25) is 0 Å². The Kier molecular flexibility index (Phi) is 6.05. The zero-order chi connectivity index (χ0) is 14.4. The monoisotopic (exact) mass is 278 g/mol. The maximum absolute atomic E-state index is 4.75. The summed E-state index contributed by atoms with van der Waals surface area (Å²) in [5.41, 5.74) is 1.20. The third-order valence-corrected chi connectivity index (χ3v) is 4.44. The molecule has 0 atom stereocenters. The Bertz CT molecular complexity index is 378. The highest BCUT2D eigenvalue weighted by Crippen LogP contribution is 2.16. The number of rotatable bonds is 7. The Morgan fingerprint density at radius 1 is 1.35 bits per heavy atom. The molecule has 0 aliphatic carbocycles. The van der Waals surface area contributed by atoms with Crippen LogP contribution in [0.4, 0.5) is 0 Å². The fraction of sp³-hybridized carbons (Fsp3) is 0.812. The molecule has 0 unspecified atom stereocenters. The second-order valence-corrected chi connectivity index (χ2v) is 6.15. The molecule has 1 saturated heterocycles.